The molecule has 82 valence electrons. The van der Waals surface area contributed by atoms with E-state index in [0.717, 1.165) is 5.92 Å². The maximum atomic E-state index is 3.67. The van der Waals surface area contributed by atoms with E-state index in [2.05, 4.69) is 59.4 Å². The zero-order valence-corrected chi connectivity index (χ0v) is 10.9. The van der Waals surface area contributed by atoms with Crippen LogP contribution < -0.4 is 5.32 Å². The van der Waals surface area contributed by atoms with Gasteiger partial charge in [-0.2, -0.15) is 0 Å². The molecular weight excluding hydrogens is 250 g/mol. The topological polar surface area (TPSA) is 12.0 Å². The summed E-state index contributed by atoms with van der Waals surface area (Å²) in [7, 11) is 0. The summed E-state index contributed by atoms with van der Waals surface area (Å²) in [6.45, 7) is 4.53. The van der Waals surface area contributed by atoms with E-state index in [0.29, 0.717) is 12.1 Å². The fourth-order valence-corrected chi connectivity index (χ4v) is 2.67. The Morgan fingerprint density at radius 1 is 1.27 bits per heavy atom. The lowest BCUT2D eigenvalue weighted by Crippen LogP contribution is -2.30. The smallest absolute Gasteiger partial charge is 0.0305 e. The second-order valence-electron chi connectivity index (χ2n) is 4.54. The summed E-state index contributed by atoms with van der Waals surface area (Å²) in [5.74, 6) is 0.912. The number of nitrogens with one attached hydrogen (secondary N) is 1. The molecule has 0 saturated heterocycles. The molecule has 1 fully saturated rings. The van der Waals surface area contributed by atoms with Gasteiger partial charge in [0.25, 0.3) is 0 Å². The number of rotatable bonds is 4. The lowest BCUT2D eigenvalue weighted by Gasteiger charge is -2.21. The van der Waals surface area contributed by atoms with E-state index in [1.54, 1.807) is 0 Å². The van der Waals surface area contributed by atoms with Gasteiger partial charge in [-0.25, -0.2) is 0 Å². The van der Waals surface area contributed by atoms with Crippen LogP contribution in [0, 0.1) is 5.92 Å². The third-order valence-corrected chi connectivity index (χ3v) is 3.94. The van der Waals surface area contributed by atoms with E-state index in [-0.39, 0.29) is 0 Å². The van der Waals surface area contributed by atoms with Crippen molar-refractivity contribution in [3.8, 4) is 0 Å². The zero-order valence-electron chi connectivity index (χ0n) is 9.33. The Labute approximate surface area is 100 Å². The van der Waals surface area contributed by atoms with Crippen LogP contribution in [0.4, 0.5) is 0 Å². The van der Waals surface area contributed by atoms with Gasteiger partial charge in [-0.05, 0) is 44.2 Å². The number of hydrogen-bond acceptors (Lipinski definition) is 1. The Bertz CT molecular complexity index is 333. The highest BCUT2D eigenvalue weighted by Gasteiger charge is 2.28. The second kappa shape index (κ2) is 4.67. The SMILES string of the molecule is CC(N[C@@H](C)c1ccccc1Br)C1CC1. The minimum Gasteiger partial charge on any atom is -0.307 e. The first kappa shape index (κ1) is 11.2. The van der Waals surface area contributed by atoms with Crippen molar-refractivity contribution in [2.45, 2.75) is 38.8 Å². The molecule has 0 amide bonds. The van der Waals surface area contributed by atoms with Crippen LogP contribution in [0.1, 0.15) is 38.3 Å². The molecule has 1 aromatic carbocycles. The summed E-state index contributed by atoms with van der Waals surface area (Å²) in [6.07, 6.45) is 2.80. The molecule has 0 bridgehead atoms. The standard InChI is InChI=1S/C13H18BrN/c1-9(11-7-8-11)15-10(2)12-5-3-4-6-13(12)14/h3-6,9-11,15H,7-8H2,1-2H3/t9?,10-/m0/s1. The van der Waals surface area contributed by atoms with Gasteiger partial charge >= 0.3 is 0 Å². The van der Waals surface area contributed by atoms with Crippen LogP contribution in [0.5, 0.6) is 0 Å². The number of halogens is 1. The van der Waals surface area contributed by atoms with Gasteiger partial charge < -0.3 is 5.32 Å². The lowest BCUT2D eigenvalue weighted by molar-refractivity contribution is 0.440. The van der Waals surface area contributed by atoms with Crippen molar-refractivity contribution in [1.29, 1.82) is 0 Å². The molecule has 1 saturated carbocycles. The molecule has 2 atom stereocenters. The highest BCUT2D eigenvalue weighted by atomic mass is 79.9. The van der Waals surface area contributed by atoms with Crippen LogP contribution in [-0.4, -0.2) is 6.04 Å². The molecule has 1 aromatic rings. The van der Waals surface area contributed by atoms with Crippen LogP contribution in [0.25, 0.3) is 0 Å². The van der Waals surface area contributed by atoms with Gasteiger partial charge in [-0.3, -0.25) is 0 Å². The van der Waals surface area contributed by atoms with Crippen molar-refractivity contribution in [2.24, 2.45) is 5.92 Å². The van der Waals surface area contributed by atoms with Crippen molar-refractivity contribution in [3.63, 3.8) is 0 Å². The summed E-state index contributed by atoms with van der Waals surface area (Å²) >= 11 is 3.60. The van der Waals surface area contributed by atoms with E-state index < -0.39 is 0 Å². The normalized spacial score (nSPS) is 19.9. The first-order valence-electron chi connectivity index (χ1n) is 5.69. The first-order valence-corrected chi connectivity index (χ1v) is 6.48. The van der Waals surface area contributed by atoms with Crippen molar-refractivity contribution < 1.29 is 0 Å². The molecule has 0 aromatic heterocycles. The highest BCUT2D eigenvalue weighted by Crippen LogP contribution is 2.34. The molecule has 1 N–H and O–H groups in total. The predicted octanol–water partition coefficient (Wildman–Crippen LogP) is 3.90. The van der Waals surface area contributed by atoms with Crippen molar-refractivity contribution >= 4 is 15.9 Å². The van der Waals surface area contributed by atoms with Gasteiger partial charge in [0.2, 0.25) is 0 Å². The molecule has 1 nitrogen and oxygen atoms in total. The van der Waals surface area contributed by atoms with Crippen molar-refractivity contribution in [2.75, 3.05) is 0 Å². The number of hydrogen-bond donors (Lipinski definition) is 1. The Morgan fingerprint density at radius 2 is 1.93 bits per heavy atom. The lowest BCUT2D eigenvalue weighted by atomic mass is 10.1. The molecule has 0 spiro atoms. The van der Waals surface area contributed by atoms with E-state index in [4.69, 9.17) is 0 Å². The van der Waals surface area contributed by atoms with Crippen LogP contribution >= 0.6 is 15.9 Å². The second-order valence-corrected chi connectivity index (χ2v) is 5.39. The summed E-state index contributed by atoms with van der Waals surface area (Å²) in [4.78, 5) is 0. The van der Waals surface area contributed by atoms with Gasteiger partial charge in [0.1, 0.15) is 0 Å². The van der Waals surface area contributed by atoms with E-state index in [1.165, 1.54) is 22.9 Å². The molecule has 0 aliphatic heterocycles. The average molecular weight is 268 g/mol. The van der Waals surface area contributed by atoms with Gasteiger partial charge in [0, 0.05) is 16.6 Å². The summed E-state index contributed by atoms with van der Waals surface area (Å²) in [5.41, 5.74) is 1.35. The third kappa shape index (κ3) is 2.82. The van der Waals surface area contributed by atoms with Gasteiger partial charge in [-0.1, -0.05) is 34.1 Å². The Kier molecular flexibility index (Phi) is 3.47. The molecular formula is C13H18BrN. The maximum absolute atomic E-state index is 3.67. The third-order valence-electron chi connectivity index (χ3n) is 3.21. The molecule has 0 heterocycles. The summed E-state index contributed by atoms with van der Waals surface area (Å²) in [5, 5.41) is 3.67. The van der Waals surface area contributed by atoms with Crippen LogP contribution in [0.3, 0.4) is 0 Å². The maximum Gasteiger partial charge on any atom is 0.0305 e. The minimum atomic E-state index is 0.427. The van der Waals surface area contributed by atoms with Gasteiger partial charge in [0.05, 0.1) is 0 Å². The summed E-state index contributed by atoms with van der Waals surface area (Å²) in [6, 6.07) is 9.52. The average Bonchev–Trinajstić information content (AvgIpc) is 3.01. The van der Waals surface area contributed by atoms with Crippen molar-refractivity contribution in [1.82, 2.24) is 5.32 Å². The quantitative estimate of drug-likeness (QED) is 0.873. The van der Waals surface area contributed by atoms with Crippen LogP contribution in [0.15, 0.2) is 28.7 Å². The fraction of sp³-hybridized carbons (Fsp3) is 0.538. The van der Waals surface area contributed by atoms with Crippen LogP contribution in [-0.2, 0) is 0 Å². The number of benzene rings is 1. The molecule has 15 heavy (non-hydrogen) atoms. The monoisotopic (exact) mass is 267 g/mol. The molecule has 2 rings (SSSR count). The summed E-state index contributed by atoms with van der Waals surface area (Å²) < 4.78 is 1.20. The first-order chi connectivity index (χ1) is 7.18. The molecule has 1 unspecified atom stereocenters. The minimum absolute atomic E-state index is 0.427. The largest absolute Gasteiger partial charge is 0.307 e. The van der Waals surface area contributed by atoms with E-state index >= 15 is 0 Å². The molecule has 0 radical (unpaired) electrons. The van der Waals surface area contributed by atoms with Crippen molar-refractivity contribution in [3.05, 3.63) is 34.3 Å². The van der Waals surface area contributed by atoms with Gasteiger partial charge in [-0.15, -0.1) is 0 Å². The van der Waals surface area contributed by atoms with Crippen LogP contribution in [0.2, 0.25) is 0 Å². The Balaban J connectivity index is 2.00. The Hall–Kier alpha value is -0.340. The molecule has 1 aliphatic rings. The zero-order chi connectivity index (χ0) is 10.8. The van der Waals surface area contributed by atoms with Gasteiger partial charge in [0.15, 0.2) is 0 Å². The Morgan fingerprint density at radius 3 is 2.53 bits per heavy atom. The fourth-order valence-electron chi connectivity index (χ4n) is 2.04. The molecule has 2 heteroatoms. The van der Waals surface area contributed by atoms with E-state index in [9.17, 15) is 0 Å². The predicted molar refractivity (Wildman–Crippen MR) is 67.9 cm³/mol. The van der Waals surface area contributed by atoms with E-state index in [1.807, 2.05) is 0 Å². The highest BCUT2D eigenvalue weighted by molar-refractivity contribution is 9.10. The molecule has 1 aliphatic carbocycles.